The highest BCUT2D eigenvalue weighted by molar-refractivity contribution is 6.04. The third-order valence-electron chi connectivity index (χ3n) is 5.17. The van der Waals surface area contributed by atoms with Crippen molar-refractivity contribution >= 4 is 11.6 Å². The summed E-state index contributed by atoms with van der Waals surface area (Å²) < 4.78 is 0. The third kappa shape index (κ3) is 4.27. The van der Waals surface area contributed by atoms with Crippen LogP contribution in [0, 0.1) is 13.8 Å². The maximum atomic E-state index is 12.4. The zero-order chi connectivity index (χ0) is 17.8. The van der Waals surface area contributed by atoms with Crippen molar-refractivity contribution in [1.29, 1.82) is 0 Å². The van der Waals surface area contributed by atoms with E-state index < -0.39 is 0 Å². The molecule has 1 amide bonds. The van der Waals surface area contributed by atoms with Crippen molar-refractivity contribution in [3.63, 3.8) is 0 Å². The maximum Gasteiger partial charge on any atom is 0.255 e. The molecular formula is C21H27N3O. The van der Waals surface area contributed by atoms with Crippen LogP contribution in [-0.2, 0) is 6.54 Å². The Balaban J connectivity index is 1.71. The van der Waals surface area contributed by atoms with Gasteiger partial charge in [0.1, 0.15) is 0 Å². The zero-order valence-corrected chi connectivity index (χ0v) is 15.4. The van der Waals surface area contributed by atoms with Crippen molar-refractivity contribution in [1.82, 2.24) is 9.80 Å². The van der Waals surface area contributed by atoms with E-state index in [0.29, 0.717) is 5.56 Å². The number of nitrogens with zero attached hydrogens (tertiary/aromatic N) is 2. The number of amides is 1. The lowest BCUT2D eigenvalue weighted by atomic mass is 10.0. The monoisotopic (exact) mass is 337 g/mol. The van der Waals surface area contributed by atoms with Crippen LogP contribution in [0.3, 0.4) is 0 Å². The summed E-state index contributed by atoms with van der Waals surface area (Å²) in [5.41, 5.74) is 5.34. The van der Waals surface area contributed by atoms with Crippen molar-refractivity contribution in [3.8, 4) is 0 Å². The Labute approximate surface area is 150 Å². The average Bonchev–Trinajstić information content (AvgIpc) is 2.64. The zero-order valence-electron chi connectivity index (χ0n) is 15.4. The van der Waals surface area contributed by atoms with Gasteiger partial charge in [0.25, 0.3) is 5.91 Å². The number of rotatable bonds is 4. The first-order valence-electron chi connectivity index (χ1n) is 8.91. The quantitative estimate of drug-likeness (QED) is 0.930. The molecule has 1 saturated heterocycles. The van der Waals surface area contributed by atoms with Crippen molar-refractivity contribution < 1.29 is 4.79 Å². The minimum absolute atomic E-state index is 0.0603. The fraction of sp³-hybridized carbons (Fsp3) is 0.381. The van der Waals surface area contributed by atoms with E-state index in [1.54, 1.807) is 0 Å². The van der Waals surface area contributed by atoms with Gasteiger partial charge in [-0.05, 0) is 55.8 Å². The minimum atomic E-state index is -0.0603. The molecule has 1 N–H and O–H groups in total. The van der Waals surface area contributed by atoms with Crippen LogP contribution >= 0.6 is 0 Å². The van der Waals surface area contributed by atoms with Crippen LogP contribution in [0.4, 0.5) is 5.69 Å². The Morgan fingerprint density at radius 2 is 1.64 bits per heavy atom. The molecule has 1 fully saturated rings. The van der Waals surface area contributed by atoms with Gasteiger partial charge in [0.05, 0.1) is 0 Å². The second-order valence-electron chi connectivity index (χ2n) is 6.92. The summed E-state index contributed by atoms with van der Waals surface area (Å²) in [6, 6.07) is 13.5. The molecule has 132 valence electrons. The molecule has 0 bridgehead atoms. The normalized spacial score (nSPS) is 16.0. The number of anilines is 1. The maximum absolute atomic E-state index is 12.4. The number of hydrogen-bond donors (Lipinski definition) is 1. The highest BCUT2D eigenvalue weighted by atomic mass is 16.1. The van der Waals surface area contributed by atoms with Crippen LogP contribution in [0.1, 0.15) is 27.0 Å². The van der Waals surface area contributed by atoms with Gasteiger partial charge in [-0.3, -0.25) is 9.69 Å². The molecular weight excluding hydrogens is 310 g/mol. The second kappa shape index (κ2) is 7.81. The number of benzene rings is 2. The Kier molecular flexibility index (Phi) is 5.51. The van der Waals surface area contributed by atoms with E-state index in [1.165, 1.54) is 11.1 Å². The molecule has 0 atom stereocenters. The van der Waals surface area contributed by atoms with E-state index in [-0.39, 0.29) is 5.91 Å². The van der Waals surface area contributed by atoms with Gasteiger partial charge in [0.2, 0.25) is 0 Å². The van der Waals surface area contributed by atoms with Gasteiger partial charge < -0.3 is 10.2 Å². The van der Waals surface area contributed by atoms with Crippen molar-refractivity contribution in [2.24, 2.45) is 0 Å². The Bertz CT molecular complexity index is 734. The predicted octanol–water partition coefficient (Wildman–Crippen LogP) is 3.30. The van der Waals surface area contributed by atoms with E-state index in [4.69, 9.17) is 0 Å². The van der Waals surface area contributed by atoms with Crippen molar-refractivity contribution in [2.75, 3.05) is 38.5 Å². The molecule has 0 aromatic heterocycles. The van der Waals surface area contributed by atoms with Gasteiger partial charge in [-0.15, -0.1) is 0 Å². The molecule has 0 radical (unpaired) electrons. The summed E-state index contributed by atoms with van der Waals surface area (Å²) in [5, 5.41) is 3.04. The summed E-state index contributed by atoms with van der Waals surface area (Å²) in [6.07, 6.45) is 0. The van der Waals surface area contributed by atoms with Crippen molar-refractivity contribution in [3.05, 3.63) is 64.7 Å². The first-order chi connectivity index (χ1) is 12.0. The first kappa shape index (κ1) is 17.6. The summed E-state index contributed by atoms with van der Waals surface area (Å²) >= 11 is 0. The molecule has 2 aromatic carbocycles. The standard InChI is InChI=1S/C21H27N3O/c1-16-17(2)20(22-21(25)18-7-5-4-6-8-18)10-9-19(16)15-24-13-11-23(3)12-14-24/h4-10H,11-15H2,1-3H3,(H,22,25). The Morgan fingerprint density at radius 3 is 2.32 bits per heavy atom. The van der Waals surface area contributed by atoms with Crippen LogP contribution < -0.4 is 5.32 Å². The molecule has 1 heterocycles. The molecule has 0 spiro atoms. The Hall–Kier alpha value is -2.17. The molecule has 25 heavy (non-hydrogen) atoms. The van der Waals surface area contributed by atoms with Crippen LogP contribution in [0.2, 0.25) is 0 Å². The lowest BCUT2D eigenvalue weighted by molar-refractivity contribution is 0.102. The molecule has 0 saturated carbocycles. The van der Waals surface area contributed by atoms with Gasteiger partial charge in [-0.25, -0.2) is 0 Å². The number of nitrogens with one attached hydrogen (secondary N) is 1. The van der Waals surface area contributed by atoms with Crippen LogP contribution in [0.15, 0.2) is 42.5 Å². The highest BCUT2D eigenvalue weighted by Crippen LogP contribution is 2.24. The van der Waals surface area contributed by atoms with E-state index in [0.717, 1.165) is 44.0 Å². The minimum Gasteiger partial charge on any atom is -0.322 e. The fourth-order valence-electron chi connectivity index (χ4n) is 3.21. The summed E-state index contributed by atoms with van der Waals surface area (Å²) in [5.74, 6) is -0.0603. The number of piperazine rings is 1. The lowest BCUT2D eigenvalue weighted by Gasteiger charge is -2.32. The smallest absolute Gasteiger partial charge is 0.255 e. The third-order valence-corrected chi connectivity index (χ3v) is 5.17. The van der Waals surface area contributed by atoms with Crippen LogP contribution in [-0.4, -0.2) is 48.9 Å². The van der Waals surface area contributed by atoms with E-state index in [2.05, 4.69) is 42.1 Å². The number of carbonyl (C=O) groups is 1. The number of carbonyl (C=O) groups excluding carboxylic acids is 1. The predicted molar refractivity (Wildman–Crippen MR) is 103 cm³/mol. The topological polar surface area (TPSA) is 35.6 Å². The largest absolute Gasteiger partial charge is 0.322 e. The van der Waals surface area contributed by atoms with E-state index >= 15 is 0 Å². The summed E-state index contributed by atoms with van der Waals surface area (Å²) in [7, 11) is 2.18. The fourth-order valence-corrected chi connectivity index (χ4v) is 3.21. The molecule has 3 rings (SSSR count). The van der Waals surface area contributed by atoms with Crippen LogP contribution in [0.25, 0.3) is 0 Å². The highest BCUT2D eigenvalue weighted by Gasteiger charge is 2.16. The van der Waals surface area contributed by atoms with Gasteiger partial charge >= 0.3 is 0 Å². The first-order valence-corrected chi connectivity index (χ1v) is 8.91. The van der Waals surface area contributed by atoms with Gasteiger partial charge in [0, 0.05) is 44.0 Å². The van der Waals surface area contributed by atoms with Gasteiger partial charge in [0.15, 0.2) is 0 Å². The van der Waals surface area contributed by atoms with Crippen molar-refractivity contribution in [2.45, 2.75) is 20.4 Å². The molecule has 0 unspecified atom stereocenters. The molecule has 4 heteroatoms. The SMILES string of the molecule is Cc1c(CN2CCN(C)CC2)ccc(NC(=O)c2ccccc2)c1C. The lowest BCUT2D eigenvalue weighted by Crippen LogP contribution is -2.44. The molecule has 1 aliphatic heterocycles. The van der Waals surface area contributed by atoms with E-state index in [9.17, 15) is 4.79 Å². The molecule has 0 aliphatic carbocycles. The second-order valence-corrected chi connectivity index (χ2v) is 6.92. The molecule has 1 aliphatic rings. The summed E-state index contributed by atoms with van der Waals surface area (Å²) in [6.45, 7) is 9.70. The summed E-state index contributed by atoms with van der Waals surface area (Å²) in [4.78, 5) is 17.3. The average molecular weight is 337 g/mol. The number of likely N-dealkylation sites (N-methyl/N-ethyl adjacent to an activating group) is 1. The van der Waals surface area contributed by atoms with E-state index in [1.807, 2.05) is 36.4 Å². The molecule has 4 nitrogen and oxygen atoms in total. The Morgan fingerprint density at radius 1 is 0.960 bits per heavy atom. The number of hydrogen-bond acceptors (Lipinski definition) is 3. The van der Waals surface area contributed by atoms with Gasteiger partial charge in [-0.2, -0.15) is 0 Å². The molecule has 2 aromatic rings. The van der Waals surface area contributed by atoms with Crippen LogP contribution in [0.5, 0.6) is 0 Å². The van der Waals surface area contributed by atoms with Gasteiger partial charge in [-0.1, -0.05) is 24.3 Å².